The number of hydrogen-bond acceptors (Lipinski definition) is 5. The Morgan fingerprint density at radius 3 is 1.43 bits per heavy atom. The first-order valence-corrected chi connectivity index (χ1v) is 18.3. The van der Waals surface area contributed by atoms with E-state index in [0.717, 1.165) is 96.7 Å². The van der Waals surface area contributed by atoms with E-state index in [4.69, 9.17) is 9.84 Å². The molecule has 0 bridgehead atoms. The van der Waals surface area contributed by atoms with Crippen molar-refractivity contribution in [2.24, 2.45) is 0 Å². The predicted octanol–water partition coefficient (Wildman–Crippen LogP) is 9.85. The Hall–Kier alpha value is -1.14. The second-order valence-corrected chi connectivity index (χ2v) is 12.6. The third kappa shape index (κ3) is 30.3. The van der Waals surface area contributed by atoms with E-state index in [-0.39, 0.29) is 25.1 Å². The van der Waals surface area contributed by atoms with E-state index in [9.17, 15) is 14.7 Å². The predicted molar refractivity (Wildman–Crippen MR) is 177 cm³/mol. The molecule has 0 heterocycles. The number of carbonyl (C=O) groups is 2. The number of carboxylic acids is 1. The maximum Gasteiger partial charge on any atom is 0.306 e. The summed E-state index contributed by atoms with van der Waals surface area (Å²) in [6.07, 6.45) is 29.9. The highest BCUT2D eigenvalue weighted by atomic mass is 16.5. The monoisotopic (exact) mass is 598 g/mol. The normalized spacial score (nSPS) is 11.5. The van der Waals surface area contributed by atoms with Gasteiger partial charge in [-0.05, 0) is 70.9 Å². The van der Waals surface area contributed by atoms with Gasteiger partial charge in [-0.2, -0.15) is 0 Å². The lowest BCUT2D eigenvalue weighted by atomic mass is 10.0. The van der Waals surface area contributed by atoms with Gasteiger partial charge in [-0.1, -0.05) is 117 Å². The third-order valence-electron chi connectivity index (χ3n) is 8.41. The fourth-order valence-electron chi connectivity index (χ4n) is 5.72. The number of esters is 1. The van der Waals surface area contributed by atoms with Crippen LogP contribution in [0.2, 0.25) is 0 Å². The van der Waals surface area contributed by atoms with Crippen LogP contribution in [-0.2, 0) is 14.3 Å². The molecule has 42 heavy (non-hydrogen) atoms. The van der Waals surface area contributed by atoms with E-state index >= 15 is 0 Å². The number of rotatable bonds is 34. The highest BCUT2D eigenvalue weighted by Gasteiger charge is 2.14. The van der Waals surface area contributed by atoms with Gasteiger partial charge in [0.1, 0.15) is 6.10 Å². The van der Waals surface area contributed by atoms with Crippen LogP contribution in [-0.4, -0.2) is 59.4 Å². The smallest absolute Gasteiger partial charge is 0.306 e. The van der Waals surface area contributed by atoms with Crippen molar-refractivity contribution < 1.29 is 24.5 Å². The molecule has 0 aromatic rings. The van der Waals surface area contributed by atoms with Crippen LogP contribution in [0.4, 0.5) is 0 Å². The zero-order valence-corrected chi connectivity index (χ0v) is 28.1. The van der Waals surface area contributed by atoms with Crippen LogP contribution in [0.25, 0.3) is 0 Å². The molecule has 0 aliphatic heterocycles. The highest BCUT2D eigenvalue weighted by molar-refractivity contribution is 5.69. The standard InChI is InChI=1S/C36H71NO5/c1-3-5-7-9-13-19-26-34(27-20-14-10-8-6-4-2)42-36(41)29-22-16-12-18-24-31-37(32-25-33-38)30-23-17-11-15-21-28-35(39)40/h34,38H,3-33H2,1-2H3,(H,39,40). The molecule has 0 fully saturated rings. The van der Waals surface area contributed by atoms with E-state index in [1.165, 1.54) is 83.5 Å². The number of carboxylic acid groups (broad SMARTS) is 1. The topological polar surface area (TPSA) is 87.1 Å². The first-order chi connectivity index (χ1) is 20.5. The molecule has 0 spiro atoms. The van der Waals surface area contributed by atoms with Gasteiger partial charge in [0.15, 0.2) is 0 Å². The third-order valence-corrected chi connectivity index (χ3v) is 8.41. The van der Waals surface area contributed by atoms with Crippen LogP contribution < -0.4 is 0 Å². The summed E-state index contributed by atoms with van der Waals surface area (Å²) < 4.78 is 5.99. The number of hydrogen-bond donors (Lipinski definition) is 2. The van der Waals surface area contributed by atoms with Crippen LogP contribution in [0.5, 0.6) is 0 Å². The zero-order valence-electron chi connectivity index (χ0n) is 28.1. The van der Waals surface area contributed by atoms with Crippen LogP contribution >= 0.6 is 0 Å². The van der Waals surface area contributed by atoms with Crippen LogP contribution in [0.1, 0.15) is 187 Å². The van der Waals surface area contributed by atoms with Crippen LogP contribution in [0, 0.1) is 0 Å². The second kappa shape index (κ2) is 32.8. The Labute approximate surface area is 260 Å². The molecule has 0 atom stereocenters. The molecule has 0 rings (SSSR count). The highest BCUT2D eigenvalue weighted by Crippen LogP contribution is 2.18. The Bertz CT molecular complexity index is 569. The maximum absolute atomic E-state index is 12.6. The fraction of sp³-hybridized carbons (Fsp3) is 0.944. The van der Waals surface area contributed by atoms with Crippen molar-refractivity contribution in [2.45, 2.75) is 193 Å². The SMILES string of the molecule is CCCCCCCCC(CCCCCCCC)OC(=O)CCCCCCCN(CCCO)CCCCCCCC(=O)O. The van der Waals surface area contributed by atoms with E-state index < -0.39 is 5.97 Å². The minimum Gasteiger partial charge on any atom is -0.481 e. The summed E-state index contributed by atoms with van der Waals surface area (Å²) in [5, 5.41) is 18.0. The molecule has 0 aromatic heterocycles. The number of aliphatic carboxylic acids is 1. The quantitative estimate of drug-likeness (QED) is 0.0567. The molecule has 6 nitrogen and oxygen atoms in total. The molecular weight excluding hydrogens is 526 g/mol. The van der Waals surface area contributed by atoms with E-state index in [0.29, 0.717) is 6.42 Å². The molecule has 0 saturated carbocycles. The first-order valence-electron chi connectivity index (χ1n) is 18.3. The second-order valence-electron chi connectivity index (χ2n) is 12.6. The zero-order chi connectivity index (χ0) is 30.9. The maximum atomic E-state index is 12.6. The number of aliphatic hydroxyl groups is 1. The van der Waals surface area contributed by atoms with Gasteiger partial charge in [-0.15, -0.1) is 0 Å². The summed E-state index contributed by atoms with van der Waals surface area (Å²) in [6, 6.07) is 0. The lowest BCUT2D eigenvalue weighted by molar-refractivity contribution is -0.150. The lowest BCUT2D eigenvalue weighted by Crippen LogP contribution is -2.27. The van der Waals surface area contributed by atoms with Gasteiger partial charge in [0.05, 0.1) is 0 Å². The first kappa shape index (κ1) is 40.9. The number of unbranched alkanes of at least 4 members (excludes halogenated alkanes) is 18. The average molecular weight is 598 g/mol. The summed E-state index contributed by atoms with van der Waals surface area (Å²) in [7, 11) is 0. The Kier molecular flexibility index (Phi) is 31.9. The van der Waals surface area contributed by atoms with Crippen LogP contribution in [0.3, 0.4) is 0 Å². The van der Waals surface area contributed by atoms with Crippen molar-refractivity contribution >= 4 is 11.9 Å². The minimum atomic E-state index is -0.698. The molecule has 0 aliphatic rings. The van der Waals surface area contributed by atoms with Crippen molar-refractivity contribution in [2.75, 3.05) is 26.2 Å². The largest absolute Gasteiger partial charge is 0.481 e. The summed E-state index contributed by atoms with van der Waals surface area (Å²) in [6.45, 7) is 7.82. The Balaban J connectivity index is 4.10. The van der Waals surface area contributed by atoms with E-state index in [1.54, 1.807) is 0 Å². The summed E-state index contributed by atoms with van der Waals surface area (Å²) >= 11 is 0. The van der Waals surface area contributed by atoms with Crippen molar-refractivity contribution in [3.05, 3.63) is 0 Å². The van der Waals surface area contributed by atoms with Crippen molar-refractivity contribution in [3.8, 4) is 0 Å². The molecule has 250 valence electrons. The molecule has 0 unspecified atom stereocenters. The van der Waals surface area contributed by atoms with Gasteiger partial charge >= 0.3 is 11.9 Å². The summed E-state index contributed by atoms with van der Waals surface area (Å²) in [4.78, 5) is 25.7. The number of aliphatic hydroxyl groups excluding tert-OH is 1. The lowest BCUT2D eigenvalue weighted by Gasteiger charge is -2.22. The van der Waals surface area contributed by atoms with Gasteiger partial charge in [0.25, 0.3) is 0 Å². The number of ether oxygens (including phenoxy) is 1. The fourth-order valence-corrected chi connectivity index (χ4v) is 5.72. The molecule has 0 aliphatic carbocycles. The number of nitrogens with zero attached hydrogens (tertiary/aromatic N) is 1. The van der Waals surface area contributed by atoms with Gasteiger partial charge in [-0.3, -0.25) is 9.59 Å². The average Bonchev–Trinajstić information content (AvgIpc) is 2.97. The van der Waals surface area contributed by atoms with Gasteiger partial charge in [-0.25, -0.2) is 0 Å². The molecule has 0 amide bonds. The number of carbonyl (C=O) groups excluding carboxylic acids is 1. The van der Waals surface area contributed by atoms with Gasteiger partial charge in [0, 0.05) is 26.0 Å². The van der Waals surface area contributed by atoms with Crippen molar-refractivity contribution in [1.82, 2.24) is 4.90 Å². The molecule has 0 saturated heterocycles. The van der Waals surface area contributed by atoms with E-state index in [2.05, 4.69) is 18.7 Å². The molecular formula is C36H71NO5. The minimum absolute atomic E-state index is 0.00936. The molecule has 0 aromatic carbocycles. The van der Waals surface area contributed by atoms with Crippen molar-refractivity contribution in [1.29, 1.82) is 0 Å². The molecule has 6 heteroatoms. The summed E-state index contributed by atoms with van der Waals surface area (Å²) in [5.74, 6) is -0.688. The van der Waals surface area contributed by atoms with Crippen LogP contribution in [0.15, 0.2) is 0 Å². The Morgan fingerprint density at radius 2 is 0.952 bits per heavy atom. The van der Waals surface area contributed by atoms with Gasteiger partial charge < -0.3 is 19.8 Å². The molecule has 0 radical (unpaired) electrons. The molecule has 2 N–H and O–H groups in total. The summed E-state index contributed by atoms with van der Waals surface area (Å²) in [5.41, 5.74) is 0. The Morgan fingerprint density at radius 1 is 0.548 bits per heavy atom. The van der Waals surface area contributed by atoms with E-state index in [1.807, 2.05) is 0 Å². The van der Waals surface area contributed by atoms with Gasteiger partial charge in [0.2, 0.25) is 0 Å². The van der Waals surface area contributed by atoms with Crippen molar-refractivity contribution in [3.63, 3.8) is 0 Å².